The molecule has 182 valence electrons. The summed E-state index contributed by atoms with van der Waals surface area (Å²) in [6.45, 7) is 8.27. The highest BCUT2D eigenvalue weighted by Crippen LogP contribution is 2.39. The van der Waals surface area contributed by atoms with Gasteiger partial charge in [0.2, 0.25) is 5.91 Å². The molecule has 0 spiro atoms. The monoisotopic (exact) mass is 460 g/mol. The summed E-state index contributed by atoms with van der Waals surface area (Å²) in [6, 6.07) is 17.0. The summed E-state index contributed by atoms with van der Waals surface area (Å²) in [5, 5.41) is 3.36. The van der Waals surface area contributed by atoms with E-state index in [-0.39, 0.29) is 17.4 Å². The number of hydrogen-bond acceptors (Lipinski definition) is 3. The lowest BCUT2D eigenvalue weighted by molar-refractivity contribution is -0.124. The van der Waals surface area contributed by atoms with Crippen molar-refractivity contribution in [2.24, 2.45) is 11.8 Å². The van der Waals surface area contributed by atoms with E-state index >= 15 is 0 Å². The van der Waals surface area contributed by atoms with Crippen LogP contribution in [-0.4, -0.2) is 36.0 Å². The van der Waals surface area contributed by atoms with Crippen molar-refractivity contribution in [1.82, 2.24) is 10.2 Å². The van der Waals surface area contributed by atoms with E-state index in [0.717, 1.165) is 51.2 Å². The van der Waals surface area contributed by atoms with Crippen LogP contribution in [0.4, 0.5) is 0 Å². The van der Waals surface area contributed by atoms with Crippen LogP contribution in [0.2, 0.25) is 0 Å². The second kappa shape index (κ2) is 10.1. The maximum absolute atomic E-state index is 13.3. The quantitative estimate of drug-likeness (QED) is 0.576. The lowest BCUT2D eigenvalue weighted by Gasteiger charge is -2.33. The van der Waals surface area contributed by atoms with Crippen molar-refractivity contribution in [2.45, 2.75) is 76.9 Å². The van der Waals surface area contributed by atoms with Gasteiger partial charge in [-0.15, -0.1) is 0 Å². The Kier molecular flexibility index (Phi) is 6.96. The highest BCUT2D eigenvalue weighted by Gasteiger charge is 2.33. The second-order valence-electron chi connectivity index (χ2n) is 11.3. The molecule has 3 aliphatic rings. The molecule has 1 amide bonds. The normalized spacial score (nSPS) is 21.7. The van der Waals surface area contributed by atoms with Crippen LogP contribution in [0, 0.1) is 11.8 Å². The van der Waals surface area contributed by atoms with E-state index in [9.17, 15) is 4.79 Å². The maximum atomic E-state index is 13.3. The number of carbonyl (C=O) groups excluding carboxylic acids is 1. The predicted molar refractivity (Wildman–Crippen MR) is 137 cm³/mol. The molecule has 2 aromatic carbocycles. The number of likely N-dealkylation sites (tertiary alicyclic amines) is 1. The number of fused-ring (bicyclic) bond motifs is 1. The summed E-state index contributed by atoms with van der Waals surface area (Å²) in [7, 11) is 0. The molecule has 1 aliphatic carbocycles. The van der Waals surface area contributed by atoms with E-state index in [0.29, 0.717) is 11.8 Å². The SMILES string of the molecule is CC1(C)Cc2cccc(CN3CCC(CNC(=O)C(c4ccccc4)C4CCCC4)CC3)c2O1. The Hall–Kier alpha value is -2.33. The number of rotatable bonds is 7. The topological polar surface area (TPSA) is 41.6 Å². The van der Waals surface area contributed by atoms with Gasteiger partial charge in [0.1, 0.15) is 11.4 Å². The van der Waals surface area contributed by atoms with Crippen LogP contribution in [0.3, 0.4) is 0 Å². The molecule has 1 saturated carbocycles. The van der Waals surface area contributed by atoms with E-state index in [2.05, 4.69) is 66.5 Å². The van der Waals surface area contributed by atoms with E-state index < -0.39 is 0 Å². The molecule has 2 fully saturated rings. The van der Waals surface area contributed by atoms with Gasteiger partial charge >= 0.3 is 0 Å². The van der Waals surface area contributed by atoms with Crippen LogP contribution < -0.4 is 10.1 Å². The first-order chi connectivity index (χ1) is 16.5. The number of benzene rings is 2. The van der Waals surface area contributed by atoms with E-state index in [1.807, 2.05) is 6.07 Å². The number of ether oxygens (including phenoxy) is 1. The van der Waals surface area contributed by atoms with Gasteiger partial charge in [0.05, 0.1) is 5.92 Å². The first-order valence-electron chi connectivity index (χ1n) is 13.3. The molecule has 4 nitrogen and oxygen atoms in total. The zero-order valence-electron chi connectivity index (χ0n) is 20.9. The summed E-state index contributed by atoms with van der Waals surface area (Å²) < 4.78 is 6.28. The number of hydrogen-bond donors (Lipinski definition) is 1. The average Bonchev–Trinajstić information content (AvgIpc) is 3.47. The second-order valence-corrected chi connectivity index (χ2v) is 11.3. The molecule has 2 heterocycles. The van der Waals surface area contributed by atoms with Gasteiger partial charge in [0, 0.05) is 25.1 Å². The Morgan fingerprint density at radius 2 is 1.76 bits per heavy atom. The molecular weight excluding hydrogens is 420 g/mol. The molecular formula is C30H40N2O2. The van der Waals surface area contributed by atoms with Crippen LogP contribution >= 0.6 is 0 Å². The van der Waals surface area contributed by atoms with E-state index in [1.54, 1.807) is 0 Å². The van der Waals surface area contributed by atoms with Gasteiger partial charge in [-0.2, -0.15) is 0 Å². The molecule has 2 aromatic rings. The fraction of sp³-hybridized carbons (Fsp3) is 0.567. The van der Waals surface area contributed by atoms with Gasteiger partial charge < -0.3 is 10.1 Å². The van der Waals surface area contributed by atoms with E-state index in [4.69, 9.17) is 4.74 Å². The van der Waals surface area contributed by atoms with Crippen molar-refractivity contribution in [2.75, 3.05) is 19.6 Å². The molecule has 34 heavy (non-hydrogen) atoms. The number of nitrogens with one attached hydrogen (secondary N) is 1. The lowest BCUT2D eigenvalue weighted by Crippen LogP contribution is -2.40. The van der Waals surface area contributed by atoms with Crippen LogP contribution in [0.5, 0.6) is 5.75 Å². The molecule has 1 saturated heterocycles. The van der Waals surface area contributed by atoms with Crippen molar-refractivity contribution >= 4 is 5.91 Å². The molecule has 0 aromatic heterocycles. The fourth-order valence-electron chi connectivity index (χ4n) is 6.34. The van der Waals surface area contributed by atoms with Crippen molar-refractivity contribution in [3.63, 3.8) is 0 Å². The highest BCUT2D eigenvalue weighted by molar-refractivity contribution is 5.84. The van der Waals surface area contributed by atoms with Crippen LogP contribution in [0.15, 0.2) is 48.5 Å². The summed E-state index contributed by atoms with van der Waals surface area (Å²) in [4.78, 5) is 15.9. The van der Waals surface area contributed by atoms with Gasteiger partial charge in [-0.3, -0.25) is 9.69 Å². The van der Waals surface area contributed by atoms with Crippen LogP contribution in [-0.2, 0) is 17.8 Å². The average molecular weight is 461 g/mol. The minimum absolute atomic E-state index is 0.00761. The number of para-hydroxylation sites is 1. The van der Waals surface area contributed by atoms with Crippen molar-refractivity contribution in [1.29, 1.82) is 0 Å². The van der Waals surface area contributed by atoms with Gasteiger partial charge in [0.25, 0.3) is 0 Å². The van der Waals surface area contributed by atoms with Gasteiger partial charge in [-0.25, -0.2) is 0 Å². The fourth-order valence-corrected chi connectivity index (χ4v) is 6.34. The zero-order valence-corrected chi connectivity index (χ0v) is 20.9. The van der Waals surface area contributed by atoms with Crippen LogP contribution in [0.25, 0.3) is 0 Å². The zero-order chi connectivity index (χ0) is 23.5. The summed E-state index contributed by atoms with van der Waals surface area (Å²) in [5.74, 6) is 2.41. The number of nitrogens with zero attached hydrogens (tertiary/aromatic N) is 1. The Morgan fingerprint density at radius 3 is 2.50 bits per heavy atom. The molecule has 2 aliphatic heterocycles. The first-order valence-corrected chi connectivity index (χ1v) is 13.3. The van der Waals surface area contributed by atoms with E-state index in [1.165, 1.54) is 42.4 Å². The molecule has 1 unspecified atom stereocenters. The predicted octanol–water partition coefficient (Wildman–Crippen LogP) is 5.70. The number of piperidine rings is 1. The molecule has 1 N–H and O–H groups in total. The number of carbonyl (C=O) groups is 1. The largest absolute Gasteiger partial charge is 0.487 e. The third-order valence-corrected chi connectivity index (χ3v) is 8.15. The molecule has 4 heteroatoms. The van der Waals surface area contributed by atoms with Crippen molar-refractivity contribution < 1.29 is 9.53 Å². The minimum Gasteiger partial charge on any atom is -0.487 e. The first kappa shape index (κ1) is 23.4. The Labute approximate surface area is 205 Å². The van der Waals surface area contributed by atoms with Gasteiger partial charge in [-0.05, 0) is 75.6 Å². The molecule has 1 atom stereocenters. The Morgan fingerprint density at radius 1 is 1.03 bits per heavy atom. The van der Waals surface area contributed by atoms with Gasteiger partial charge in [-0.1, -0.05) is 61.4 Å². The van der Waals surface area contributed by atoms with Crippen molar-refractivity contribution in [3.05, 3.63) is 65.2 Å². The third kappa shape index (κ3) is 5.33. The summed E-state index contributed by atoms with van der Waals surface area (Å²) >= 11 is 0. The molecule has 0 bridgehead atoms. The minimum atomic E-state index is -0.0975. The Bertz CT molecular complexity index is 973. The number of amides is 1. The lowest BCUT2D eigenvalue weighted by atomic mass is 9.84. The van der Waals surface area contributed by atoms with Crippen molar-refractivity contribution in [3.8, 4) is 5.75 Å². The standard InChI is InChI=1S/C30H40N2O2/c1-30(2)19-25-13-8-14-26(28(25)34-30)21-32-17-15-22(16-18-32)20-31-29(33)27(24-11-6-7-12-24)23-9-4-3-5-10-23/h3-5,8-10,13-14,22,24,27H,6-7,11-12,15-21H2,1-2H3,(H,31,33). The summed E-state index contributed by atoms with van der Waals surface area (Å²) in [5.41, 5.74) is 3.75. The highest BCUT2D eigenvalue weighted by atomic mass is 16.5. The maximum Gasteiger partial charge on any atom is 0.227 e. The Balaban J connectivity index is 1.13. The smallest absolute Gasteiger partial charge is 0.227 e. The third-order valence-electron chi connectivity index (χ3n) is 8.15. The van der Waals surface area contributed by atoms with Gasteiger partial charge in [0.15, 0.2) is 0 Å². The summed E-state index contributed by atoms with van der Waals surface area (Å²) in [6.07, 6.45) is 8.13. The molecule has 0 radical (unpaired) electrons. The molecule has 5 rings (SSSR count). The van der Waals surface area contributed by atoms with Crippen LogP contribution in [0.1, 0.15) is 75.0 Å².